The van der Waals surface area contributed by atoms with Gasteiger partial charge < -0.3 is 4.90 Å². The van der Waals surface area contributed by atoms with E-state index in [1.807, 2.05) is 12.1 Å². The van der Waals surface area contributed by atoms with Crippen molar-refractivity contribution < 1.29 is 0 Å². The van der Waals surface area contributed by atoms with Crippen molar-refractivity contribution in [1.82, 2.24) is 4.90 Å². The van der Waals surface area contributed by atoms with Crippen molar-refractivity contribution in [3.8, 4) is 0 Å². The second-order valence-electron chi connectivity index (χ2n) is 4.09. The Bertz CT molecular complexity index is 305. The van der Waals surface area contributed by atoms with Crippen molar-refractivity contribution in [3.63, 3.8) is 0 Å². The van der Waals surface area contributed by atoms with Gasteiger partial charge in [0, 0.05) is 11.6 Å². The van der Waals surface area contributed by atoms with Gasteiger partial charge in [0.15, 0.2) is 0 Å². The molecule has 0 amide bonds. The van der Waals surface area contributed by atoms with Crippen LogP contribution in [0.1, 0.15) is 18.4 Å². The van der Waals surface area contributed by atoms with Crippen molar-refractivity contribution in [2.75, 3.05) is 19.6 Å². The number of halogens is 1. The minimum Gasteiger partial charge on any atom is -0.303 e. The minimum atomic E-state index is 0.847. The molecular formula is C13H17ClN. The minimum absolute atomic E-state index is 0.847. The third-order valence-electron chi connectivity index (χ3n) is 2.90. The van der Waals surface area contributed by atoms with Crippen molar-refractivity contribution in [3.05, 3.63) is 41.3 Å². The fourth-order valence-electron chi connectivity index (χ4n) is 2.01. The molecule has 0 N–H and O–H groups in total. The van der Waals surface area contributed by atoms with E-state index in [1.165, 1.54) is 31.5 Å². The van der Waals surface area contributed by atoms with Gasteiger partial charge in [0.05, 0.1) is 0 Å². The molecule has 0 spiro atoms. The summed E-state index contributed by atoms with van der Waals surface area (Å²) in [5.41, 5.74) is 1.34. The van der Waals surface area contributed by atoms with Crippen LogP contribution in [-0.2, 0) is 6.42 Å². The third-order valence-corrected chi connectivity index (χ3v) is 3.14. The molecule has 0 bridgehead atoms. The summed E-state index contributed by atoms with van der Waals surface area (Å²) in [5, 5.41) is 0.847. The zero-order valence-corrected chi connectivity index (χ0v) is 9.71. The molecule has 1 heterocycles. The Balaban J connectivity index is 1.81. The van der Waals surface area contributed by atoms with Gasteiger partial charge in [-0.25, -0.2) is 0 Å². The average Bonchev–Trinajstić information content (AvgIpc) is 2.28. The molecule has 1 fully saturated rings. The SMILES string of the molecule is Clc1cccc(CCN2CC[CH]CC2)c1. The molecule has 81 valence electrons. The maximum absolute atomic E-state index is 5.95. The van der Waals surface area contributed by atoms with Crippen molar-refractivity contribution >= 4 is 11.6 Å². The van der Waals surface area contributed by atoms with Crippen molar-refractivity contribution in [2.24, 2.45) is 0 Å². The molecule has 1 aliphatic heterocycles. The summed E-state index contributed by atoms with van der Waals surface area (Å²) in [6.07, 6.45) is 5.99. The fourth-order valence-corrected chi connectivity index (χ4v) is 2.22. The molecule has 0 saturated carbocycles. The molecule has 1 aromatic rings. The lowest BCUT2D eigenvalue weighted by Crippen LogP contribution is -2.31. The Hall–Kier alpha value is -0.530. The van der Waals surface area contributed by atoms with Crippen LogP contribution in [0, 0.1) is 6.42 Å². The van der Waals surface area contributed by atoms with E-state index < -0.39 is 0 Å². The van der Waals surface area contributed by atoms with Gasteiger partial charge in [-0.05, 0) is 56.5 Å². The molecule has 1 nitrogen and oxygen atoms in total. The standard InChI is InChI=1S/C13H17ClN/c14-13-6-4-5-12(11-13)7-10-15-8-2-1-3-9-15/h1,4-6,11H,2-3,7-10H2. The predicted octanol–water partition coefficient (Wildman–Crippen LogP) is 3.18. The zero-order chi connectivity index (χ0) is 10.5. The predicted molar refractivity (Wildman–Crippen MR) is 65.1 cm³/mol. The summed E-state index contributed by atoms with van der Waals surface area (Å²) >= 11 is 5.95. The number of rotatable bonds is 3. The van der Waals surface area contributed by atoms with Crippen molar-refractivity contribution in [2.45, 2.75) is 19.3 Å². The molecule has 15 heavy (non-hydrogen) atoms. The molecule has 2 heteroatoms. The number of nitrogens with zero attached hydrogens (tertiary/aromatic N) is 1. The Kier molecular flexibility index (Phi) is 4.04. The summed E-state index contributed by atoms with van der Waals surface area (Å²) in [6.45, 7) is 3.61. The zero-order valence-electron chi connectivity index (χ0n) is 8.95. The topological polar surface area (TPSA) is 3.24 Å². The highest BCUT2D eigenvalue weighted by molar-refractivity contribution is 6.30. The Morgan fingerprint density at radius 1 is 1.20 bits per heavy atom. The Morgan fingerprint density at radius 2 is 2.00 bits per heavy atom. The number of piperidine rings is 1. The van der Waals surface area contributed by atoms with E-state index >= 15 is 0 Å². The number of hydrogen-bond acceptors (Lipinski definition) is 1. The molecular weight excluding hydrogens is 206 g/mol. The van der Waals surface area contributed by atoms with Gasteiger partial charge in [0.2, 0.25) is 0 Å². The maximum Gasteiger partial charge on any atom is 0.0408 e. The van der Waals surface area contributed by atoms with E-state index in [2.05, 4.69) is 23.5 Å². The van der Waals surface area contributed by atoms with E-state index in [0.717, 1.165) is 18.0 Å². The van der Waals surface area contributed by atoms with E-state index in [-0.39, 0.29) is 0 Å². The summed E-state index contributed by atoms with van der Waals surface area (Å²) < 4.78 is 0. The highest BCUT2D eigenvalue weighted by Gasteiger charge is 2.09. The van der Waals surface area contributed by atoms with Crippen LogP contribution in [0.25, 0.3) is 0 Å². The molecule has 1 aromatic carbocycles. The second kappa shape index (κ2) is 5.53. The van der Waals surface area contributed by atoms with Gasteiger partial charge in [0.1, 0.15) is 0 Å². The first-order valence-electron chi connectivity index (χ1n) is 5.63. The number of likely N-dealkylation sites (tertiary alicyclic amines) is 1. The lowest BCUT2D eigenvalue weighted by molar-refractivity contribution is 0.257. The van der Waals surface area contributed by atoms with Crippen LogP contribution in [-0.4, -0.2) is 24.5 Å². The fraction of sp³-hybridized carbons (Fsp3) is 0.462. The first-order chi connectivity index (χ1) is 7.34. The molecule has 0 unspecified atom stereocenters. The largest absolute Gasteiger partial charge is 0.303 e. The third kappa shape index (κ3) is 3.51. The van der Waals surface area contributed by atoms with Crippen LogP contribution in [0.2, 0.25) is 5.02 Å². The monoisotopic (exact) mass is 222 g/mol. The van der Waals surface area contributed by atoms with E-state index in [9.17, 15) is 0 Å². The summed E-state index contributed by atoms with van der Waals surface area (Å²) in [7, 11) is 0. The van der Waals surface area contributed by atoms with Crippen LogP contribution in [0.15, 0.2) is 24.3 Å². The van der Waals surface area contributed by atoms with E-state index in [4.69, 9.17) is 11.6 Å². The quantitative estimate of drug-likeness (QED) is 0.760. The summed E-state index contributed by atoms with van der Waals surface area (Å²) in [5.74, 6) is 0. The smallest absolute Gasteiger partial charge is 0.0408 e. The molecule has 0 aromatic heterocycles. The Morgan fingerprint density at radius 3 is 2.73 bits per heavy atom. The van der Waals surface area contributed by atoms with Gasteiger partial charge in [-0.15, -0.1) is 0 Å². The molecule has 1 saturated heterocycles. The maximum atomic E-state index is 5.95. The van der Waals surface area contributed by atoms with E-state index in [0.29, 0.717) is 0 Å². The van der Waals surface area contributed by atoms with Gasteiger partial charge in [0.25, 0.3) is 0 Å². The molecule has 1 radical (unpaired) electrons. The van der Waals surface area contributed by atoms with Crippen molar-refractivity contribution in [1.29, 1.82) is 0 Å². The second-order valence-corrected chi connectivity index (χ2v) is 4.52. The van der Waals surface area contributed by atoms with Gasteiger partial charge in [-0.1, -0.05) is 23.7 Å². The van der Waals surface area contributed by atoms with Crippen LogP contribution < -0.4 is 0 Å². The highest BCUT2D eigenvalue weighted by Crippen LogP contribution is 2.13. The van der Waals surface area contributed by atoms with Crippen LogP contribution in [0.5, 0.6) is 0 Å². The first kappa shape index (κ1) is 11.0. The van der Waals surface area contributed by atoms with Gasteiger partial charge >= 0.3 is 0 Å². The van der Waals surface area contributed by atoms with Gasteiger partial charge in [-0.2, -0.15) is 0 Å². The number of hydrogen-bond donors (Lipinski definition) is 0. The Labute approximate surface area is 97.0 Å². The lowest BCUT2D eigenvalue weighted by atomic mass is 10.1. The van der Waals surface area contributed by atoms with Crippen LogP contribution >= 0.6 is 11.6 Å². The molecule has 2 rings (SSSR count). The normalized spacial score (nSPS) is 17.9. The molecule has 0 atom stereocenters. The first-order valence-corrected chi connectivity index (χ1v) is 6.01. The van der Waals surface area contributed by atoms with Gasteiger partial charge in [-0.3, -0.25) is 0 Å². The number of benzene rings is 1. The summed E-state index contributed by atoms with van der Waals surface area (Å²) in [4.78, 5) is 2.53. The highest BCUT2D eigenvalue weighted by atomic mass is 35.5. The van der Waals surface area contributed by atoms with Crippen LogP contribution in [0.4, 0.5) is 0 Å². The van der Waals surface area contributed by atoms with Crippen LogP contribution in [0.3, 0.4) is 0 Å². The molecule has 1 aliphatic rings. The average molecular weight is 223 g/mol. The lowest BCUT2D eigenvalue weighted by Gasteiger charge is -2.26. The molecule has 0 aliphatic carbocycles. The summed E-state index contributed by atoms with van der Waals surface area (Å²) in [6, 6.07) is 8.18. The van der Waals surface area contributed by atoms with E-state index in [1.54, 1.807) is 0 Å².